The zero-order valence-corrected chi connectivity index (χ0v) is 9.47. The summed E-state index contributed by atoms with van der Waals surface area (Å²) in [6.07, 6.45) is 5.17. The second-order valence-corrected chi connectivity index (χ2v) is 5.10. The maximum Gasteiger partial charge on any atom is 0.319 e. The van der Waals surface area contributed by atoms with Crippen LogP contribution < -0.4 is 0 Å². The molecule has 2 fully saturated rings. The lowest BCUT2D eigenvalue weighted by Crippen LogP contribution is -2.51. The van der Waals surface area contributed by atoms with Crippen LogP contribution in [-0.2, 0) is 14.3 Å². The predicted octanol–water partition coefficient (Wildman–Crippen LogP) is 2.09. The molecule has 0 bridgehead atoms. The average Bonchev–Trinajstić information content (AvgIpc) is 2.93. The molecule has 0 saturated heterocycles. The minimum atomic E-state index is -0.763. The van der Waals surface area contributed by atoms with Gasteiger partial charge in [0.2, 0.25) is 0 Å². The lowest BCUT2D eigenvalue weighted by molar-refractivity contribution is -0.169. The Morgan fingerprint density at radius 1 is 1.27 bits per heavy atom. The first kappa shape index (κ1) is 10.7. The van der Waals surface area contributed by atoms with Crippen LogP contribution in [0.3, 0.4) is 0 Å². The van der Waals surface area contributed by atoms with Gasteiger partial charge in [0.25, 0.3) is 0 Å². The molecule has 0 unspecified atom stereocenters. The van der Waals surface area contributed by atoms with Crippen molar-refractivity contribution in [2.75, 3.05) is 7.11 Å². The number of carbonyl (C=O) groups excluding carboxylic acids is 2. The zero-order valence-electron chi connectivity index (χ0n) is 9.47. The maximum atomic E-state index is 12.0. The van der Waals surface area contributed by atoms with Gasteiger partial charge in [-0.1, -0.05) is 6.92 Å². The standard InChI is InChI=1S/C12H18O3/c1-3-4-9(13)12(10(14)15-2)7-11(8-12)5-6-11/h3-8H2,1-2H3. The summed E-state index contributed by atoms with van der Waals surface area (Å²) < 4.78 is 4.79. The molecule has 3 heteroatoms. The molecular formula is C12H18O3. The monoisotopic (exact) mass is 210 g/mol. The highest BCUT2D eigenvalue weighted by atomic mass is 16.5. The fourth-order valence-corrected chi connectivity index (χ4v) is 2.88. The Balaban J connectivity index is 2.10. The van der Waals surface area contributed by atoms with Crippen molar-refractivity contribution in [3.8, 4) is 0 Å². The van der Waals surface area contributed by atoms with Gasteiger partial charge in [0.1, 0.15) is 11.2 Å². The van der Waals surface area contributed by atoms with Crippen LogP contribution >= 0.6 is 0 Å². The molecule has 3 nitrogen and oxygen atoms in total. The summed E-state index contributed by atoms with van der Waals surface area (Å²) >= 11 is 0. The van der Waals surface area contributed by atoms with E-state index in [0.29, 0.717) is 11.8 Å². The molecule has 0 aromatic rings. The van der Waals surface area contributed by atoms with E-state index < -0.39 is 5.41 Å². The quantitative estimate of drug-likeness (QED) is 0.527. The molecule has 0 aromatic heterocycles. The van der Waals surface area contributed by atoms with E-state index in [1.54, 1.807) is 0 Å². The molecule has 2 aliphatic rings. The highest BCUT2D eigenvalue weighted by Gasteiger charge is 2.67. The third-order valence-electron chi connectivity index (χ3n) is 3.90. The van der Waals surface area contributed by atoms with E-state index in [9.17, 15) is 9.59 Å². The molecule has 0 aromatic carbocycles. The predicted molar refractivity (Wildman–Crippen MR) is 55.3 cm³/mol. The molecule has 0 atom stereocenters. The average molecular weight is 210 g/mol. The fourth-order valence-electron chi connectivity index (χ4n) is 2.88. The van der Waals surface area contributed by atoms with Gasteiger partial charge >= 0.3 is 5.97 Å². The van der Waals surface area contributed by atoms with Crippen molar-refractivity contribution < 1.29 is 14.3 Å². The maximum absolute atomic E-state index is 12.0. The van der Waals surface area contributed by atoms with Gasteiger partial charge in [0.05, 0.1) is 7.11 Å². The molecule has 0 aliphatic heterocycles. The fraction of sp³-hybridized carbons (Fsp3) is 0.833. The highest BCUT2D eigenvalue weighted by Crippen LogP contribution is 2.69. The number of carbonyl (C=O) groups is 2. The Labute approximate surface area is 90.2 Å². The van der Waals surface area contributed by atoms with E-state index in [-0.39, 0.29) is 11.8 Å². The number of esters is 1. The summed E-state index contributed by atoms with van der Waals surface area (Å²) in [4.78, 5) is 23.7. The van der Waals surface area contributed by atoms with Crippen LogP contribution in [0.2, 0.25) is 0 Å². The highest BCUT2D eigenvalue weighted by molar-refractivity contribution is 6.05. The van der Waals surface area contributed by atoms with Crippen molar-refractivity contribution in [1.29, 1.82) is 0 Å². The first-order chi connectivity index (χ1) is 7.08. The van der Waals surface area contributed by atoms with E-state index >= 15 is 0 Å². The molecule has 0 amide bonds. The smallest absolute Gasteiger partial charge is 0.319 e. The summed E-state index contributed by atoms with van der Waals surface area (Å²) in [5, 5.41) is 0. The molecule has 0 N–H and O–H groups in total. The second kappa shape index (κ2) is 3.32. The number of methoxy groups -OCH3 is 1. The van der Waals surface area contributed by atoms with Gasteiger partial charge in [-0.25, -0.2) is 0 Å². The Morgan fingerprint density at radius 3 is 2.27 bits per heavy atom. The van der Waals surface area contributed by atoms with Crippen molar-refractivity contribution in [2.45, 2.75) is 45.4 Å². The van der Waals surface area contributed by atoms with Gasteiger partial charge in [0.15, 0.2) is 0 Å². The lowest BCUT2D eigenvalue weighted by atomic mass is 9.57. The van der Waals surface area contributed by atoms with Crippen LogP contribution in [-0.4, -0.2) is 18.9 Å². The number of hydrogen-bond acceptors (Lipinski definition) is 3. The van der Waals surface area contributed by atoms with Gasteiger partial charge in [-0.2, -0.15) is 0 Å². The van der Waals surface area contributed by atoms with E-state index in [2.05, 4.69) is 0 Å². The SMILES string of the molecule is CCCC(=O)C1(C(=O)OC)CC2(CC2)C1. The summed E-state index contributed by atoms with van der Waals surface area (Å²) in [6, 6.07) is 0. The van der Waals surface area contributed by atoms with Gasteiger partial charge in [-0.05, 0) is 37.5 Å². The summed E-state index contributed by atoms with van der Waals surface area (Å²) in [6.45, 7) is 1.97. The molecule has 15 heavy (non-hydrogen) atoms. The van der Waals surface area contributed by atoms with Crippen molar-refractivity contribution in [2.24, 2.45) is 10.8 Å². The van der Waals surface area contributed by atoms with Crippen LogP contribution in [0.4, 0.5) is 0 Å². The van der Waals surface area contributed by atoms with Crippen molar-refractivity contribution in [3.05, 3.63) is 0 Å². The normalized spacial score (nSPS) is 24.4. The van der Waals surface area contributed by atoms with E-state index in [4.69, 9.17) is 4.74 Å². The minimum absolute atomic E-state index is 0.0920. The summed E-state index contributed by atoms with van der Waals surface area (Å²) in [5.41, 5.74) is -0.418. The van der Waals surface area contributed by atoms with Gasteiger partial charge in [-0.3, -0.25) is 9.59 Å². The molecular weight excluding hydrogens is 192 g/mol. The summed E-state index contributed by atoms with van der Waals surface area (Å²) in [7, 11) is 1.38. The molecule has 2 saturated carbocycles. The molecule has 0 radical (unpaired) electrons. The Morgan fingerprint density at radius 2 is 1.87 bits per heavy atom. The van der Waals surface area contributed by atoms with Crippen LogP contribution in [0.15, 0.2) is 0 Å². The third kappa shape index (κ3) is 1.48. The van der Waals surface area contributed by atoms with Crippen molar-refractivity contribution in [3.63, 3.8) is 0 Å². The number of hydrogen-bond donors (Lipinski definition) is 0. The van der Waals surface area contributed by atoms with Crippen molar-refractivity contribution in [1.82, 2.24) is 0 Å². The topological polar surface area (TPSA) is 43.4 Å². The van der Waals surface area contributed by atoms with Crippen LogP contribution in [0, 0.1) is 10.8 Å². The number of rotatable bonds is 4. The van der Waals surface area contributed by atoms with Crippen LogP contribution in [0.1, 0.15) is 45.4 Å². The third-order valence-corrected chi connectivity index (χ3v) is 3.90. The van der Waals surface area contributed by atoms with Gasteiger partial charge in [0, 0.05) is 6.42 Å². The van der Waals surface area contributed by atoms with E-state index in [1.165, 1.54) is 20.0 Å². The molecule has 2 aliphatic carbocycles. The van der Waals surface area contributed by atoms with Gasteiger partial charge in [-0.15, -0.1) is 0 Å². The van der Waals surface area contributed by atoms with E-state index in [0.717, 1.165) is 19.3 Å². The molecule has 2 rings (SSSR count). The summed E-state index contributed by atoms with van der Waals surface area (Å²) in [5.74, 6) is -0.215. The lowest BCUT2D eigenvalue weighted by Gasteiger charge is -2.44. The first-order valence-corrected chi connectivity index (χ1v) is 5.70. The Bertz CT molecular complexity index is 294. The Kier molecular flexibility index (Phi) is 2.36. The second-order valence-electron chi connectivity index (χ2n) is 5.10. The van der Waals surface area contributed by atoms with Crippen molar-refractivity contribution >= 4 is 11.8 Å². The number of Topliss-reactive ketones (excluding diaryl/α,β-unsaturated/α-hetero) is 1. The first-order valence-electron chi connectivity index (χ1n) is 5.70. The largest absolute Gasteiger partial charge is 0.468 e. The number of ketones is 1. The van der Waals surface area contributed by atoms with Gasteiger partial charge < -0.3 is 4.74 Å². The minimum Gasteiger partial charge on any atom is -0.468 e. The van der Waals surface area contributed by atoms with E-state index in [1.807, 2.05) is 6.92 Å². The molecule has 1 spiro atoms. The number of ether oxygens (including phenoxy) is 1. The zero-order chi connectivity index (χ0) is 11.1. The molecule has 0 heterocycles. The van der Waals surface area contributed by atoms with Crippen LogP contribution in [0.25, 0.3) is 0 Å². The molecule has 84 valence electrons. The van der Waals surface area contributed by atoms with Crippen LogP contribution in [0.5, 0.6) is 0 Å². The Hall–Kier alpha value is -0.860.